The maximum absolute atomic E-state index is 2.28. The van der Waals surface area contributed by atoms with E-state index in [-0.39, 0.29) is 0 Å². The van der Waals surface area contributed by atoms with Crippen molar-refractivity contribution in [2.75, 3.05) is 0 Å². The van der Waals surface area contributed by atoms with Crippen molar-refractivity contribution in [3.8, 4) is 0 Å². The van der Waals surface area contributed by atoms with Crippen LogP contribution in [0.15, 0.2) is 42.5 Å². The number of hydrogen-bond donors (Lipinski definition) is 0. The third kappa shape index (κ3) is 1.11. The largest absolute Gasteiger partial charge is 0.247 e. The molecule has 0 fully saturated rings. The molecular weight excluding hydrogens is 190 g/mol. The van der Waals surface area contributed by atoms with Crippen LogP contribution in [0.4, 0.5) is 0 Å². The van der Waals surface area contributed by atoms with Gasteiger partial charge in [0, 0.05) is 12.1 Å². The molecule has 0 aliphatic carbocycles. The minimum absolute atomic E-state index is 1.03. The lowest BCUT2D eigenvalue weighted by molar-refractivity contribution is -0.541. The van der Waals surface area contributed by atoms with Crippen molar-refractivity contribution in [2.45, 2.75) is 6.42 Å². The molecule has 0 unspecified atom stereocenters. The van der Waals surface area contributed by atoms with Crippen LogP contribution in [-0.2, 0) is 6.42 Å². The van der Waals surface area contributed by atoms with Crippen LogP contribution in [0, 0.1) is 0 Å². The first-order valence-electron chi connectivity index (χ1n) is 4.70. The Morgan fingerprint density at radius 2 is 2.07 bits per heavy atom. The fraction of sp³-hybridized carbons (Fsp3) is 0.0833. The first kappa shape index (κ1) is 7.94. The molecule has 1 aliphatic heterocycles. The van der Waals surface area contributed by atoms with Crippen molar-refractivity contribution in [3.05, 3.63) is 47.5 Å². The highest BCUT2D eigenvalue weighted by molar-refractivity contribution is 7.18. The van der Waals surface area contributed by atoms with E-state index in [1.54, 1.807) is 0 Å². The maximum atomic E-state index is 2.28. The van der Waals surface area contributed by atoms with Gasteiger partial charge in [0.2, 0.25) is 10.5 Å². The normalized spacial score (nSPS) is 14.3. The van der Waals surface area contributed by atoms with Gasteiger partial charge in [0.05, 0.1) is 6.42 Å². The van der Waals surface area contributed by atoms with Crippen molar-refractivity contribution < 1.29 is 4.57 Å². The van der Waals surface area contributed by atoms with Crippen molar-refractivity contribution in [2.24, 2.45) is 0 Å². The van der Waals surface area contributed by atoms with Gasteiger partial charge in [-0.3, -0.25) is 0 Å². The molecule has 0 amide bonds. The summed E-state index contributed by atoms with van der Waals surface area (Å²) in [6.45, 7) is 0. The van der Waals surface area contributed by atoms with Crippen LogP contribution >= 0.6 is 11.3 Å². The lowest BCUT2D eigenvalue weighted by atomic mass is 10.3. The number of allylic oxidation sites excluding steroid dienone is 3. The number of para-hydroxylation sites is 1. The molecule has 14 heavy (non-hydrogen) atoms. The lowest BCUT2D eigenvalue weighted by Crippen LogP contribution is -2.27. The van der Waals surface area contributed by atoms with E-state index in [9.17, 15) is 0 Å². The fourth-order valence-electron chi connectivity index (χ4n) is 1.74. The molecular formula is C12H10NS+. The molecule has 0 radical (unpaired) electrons. The number of fused-ring (bicyclic) bond motifs is 3. The smallest absolute Gasteiger partial charge is 0.154 e. The van der Waals surface area contributed by atoms with E-state index in [2.05, 4.69) is 53.3 Å². The quantitative estimate of drug-likeness (QED) is 0.576. The molecule has 0 spiro atoms. The number of thiazole rings is 1. The predicted octanol–water partition coefficient (Wildman–Crippen LogP) is 2.77. The SMILES string of the molecule is C1=CCc2sc3ccccc3[n+]2C=C1. The van der Waals surface area contributed by atoms with E-state index in [1.807, 2.05) is 11.3 Å². The van der Waals surface area contributed by atoms with Gasteiger partial charge >= 0.3 is 0 Å². The van der Waals surface area contributed by atoms with E-state index >= 15 is 0 Å². The molecule has 0 N–H and O–H groups in total. The van der Waals surface area contributed by atoms with Crippen LogP contribution in [-0.4, -0.2) is 0 Å². The highest BCUT2D eigenvalue weighted by atomic mass is 32.1. The average Bonchev–Trinajstić information content (AvgIpc) is 2.42. The van der Waals surface area contributed by atoms with Crippen molar-refractivity contribution >= 4 is 27.8 Å². The Morgan fingerprint density at radius 3 is 3.07 bits per heavy atom. The number of benzene rings is 1. The summed E-state index contributed by atoms with van der Waals surface area (Å²) in [4.78, 5) is 0. The Kier molecular flexibility index (Phi) is 1.74. The minimum Gasteiger partial charge on any atom is -0.154 e. The summed E-state index contributed by atoms with van der Waals surface area (Å²) in [6.07, 6.45) is 9.57. The zero-order valence-electron chi connectivity index (χ0n) is 7.68. The zero-order valence-corrected chi connectivity index (χ0v) is 8.50. The summed E-state index contributed by atoms with van der Waals surface area (Å²) >= 11 is 1.87. The lowest BCUT2D eigenvalue weighted by Gasteiger charge is -1.86. The summed E-state index contributed by atoms with van der Waals surface area (Å²) in [5, 5.41) is 1.40. The van der Waals surface area contributed by atoms with Gasteiger partial charge in [-0.1, -0.05) is 35.6 Å². The summed E-state index contributed by atoms with van der Waals surface area (Å²) in [7, 11) is 0. The number of hydrogen-bond acceptors (Lipinski definition) is 1. The van der Waals surface area contributed by atoms with Crippen molar-refractivity contribution in [1.82, 2.24) is 0 Å². The monoisotopic (exact) mass is 200 g/mol. The molecule has 2 heteroatoms. The highest BCUT2D eigenvalue weighted by Gasteiger charge is 2.17. The topological polar surface area (TPSA) is 3.88 Å². The van der Waals surface area contributed by atoms with Gasteiger partial charge in [0.1, 0.15) is 4.70 Å². The Morgan fingerprint density at radius 1 is 1.14 bits per heavy atom. The van der Waals surface area contributed by atoms with Crippen LogP contribution in [0.3, 0.4) is 0 Å². The molecule has 68 valence electrons. The van der Waals surface area contributed by atoms with Gasteiger partial charge in [0.25, 0.3) is 0 Å². The van der Waals surface area contributed by atoms with Crippen LogP contribution in [0.2, 0.25) is 0 Å². The van der Waals surface area contributed by atoms with E-state index in [0.29, 0.717) is 0 Å². The fourth-order valence-corrected chi connectivity index (χ4v) is 2.85. The molecule has 1 aromatic heterocycles. The molecule has 3 rings (SSSR count). The van der Waals surface area contributed by atoms with Crippen LogP contribution < -0.4 is 4.57 Å². The summed E-state index contributed by atoms with van der Waals surface area (Å²) in [5.74, 6) is 0. The zero-order chi connectivity index (χ0) is 9.38. The second-order valence-corrected chi connectivity index (χ2v) is 4.42. The molecule has 2 aromatic rings. The number of nitrogens with zero attached hydrogens (tertiary/aromatic N) is 1. The van der Waals surface area contributed by atoms with Gasteiger partial charge in [-0.05, 0) is 6.07 Å². The van der Waals surface area contributed by atoms with Crippen LogP contribution in [0.25, 0.3) is 16.4 Å². The Balaban J connectivity index is 2.37. The molecule has 0 atom stereocenters. The van der Waals surface area contributed by atoms with Crippen molar-refractivity contribution in [1.29, 1.82) is 0 Å². The standard InChI is InChI=1S/C12H10NS/c1-2-8-12-13(9-5-1)10-6-3-4-7-11(10)14-12/h1-7,9H,8H2/q+1. The van der Waals surface area contributed by atoms with Gasteiger partial charge in [-0.2, -0.15) is 4.57 Å². The minimum atomic E-state index is 1.03. The second kappa shape index (κ2) is 3.07. The predicted molar refractivity (Wildman–Crippen MR) is 60.2 cm³/mol. The van der Waals surface area contributed by atoms with E-state index in [1.165, 1.54) is 15.2 Å². The molecule has 0 saturated carbocycles. The molecule has 0 saturated heterocycles. The summed E-state index contributed by atoms with van der Waals surface area (Å²) in [5.41, 5.74) is 1.31. The van der Waals surface area contributed by atoms with Gasteiger partial charge in [-0.15, -0.1) is 0 Å². The molecule has 1 aromatic carbocycles. The van der Waals surface area contributed by atoms with E-state index in [0.717, 1.165) is 6.42 Å². The Hall–Kier alpha value is -1.41. The third-order valence-electron chi connectivity index (χ3n) is 2.40. The molecule has 2 heterocycles. The Bertz CT molecular complexity index is 534. The number of aromatic nitrogens is 1. The van der Waals surface area contributed by atoms with Gasteiger partial charge in [0.15, 0.2) is 6.20 Å². The first-order chi connectivity index (χ1) is 6.95. The number of rotatable bonds is 0. The van der Waals surface area contributed by atoms with E-state index < -0.39 is 0 Å². The first-order valence-corrected chi connectivity index (χ1v) is 5.52. The highest BCUT2D eigenvalue weighted by Crippen LogP contribution is 2.21. The summed E-state index contributed by atoms with van der Waals surface area (Å²) < 4.78 is 3.64. The van der Waals surface area contributed by atoms with Crippen LogP contribution in [0.1, 0.15) is 5.01 Å². The van der Waals surface area contributed by atoms with Gasteiger partial charge < -0.3 is 0 Å². The molecule has 0 bridgehead atoms. The molecule has 1 aliphatic rings. The van der Waals surface area contributed by atoms with Crippen molar-refractivity contribution in [3.63, 3.8) is 0 Å². The third-order valence-corrected chi connectivity index (χ3v) is 3.56. The van der Waals surface area contributed by atoms with Gasteiger partial charge in [-0.25, -0.2) is 0 Å². The van der Waals surface area contributed by atoms with E-state index in [4.69, 9.17) is 0 Å². The molecule has 1 nitrogen and oxygen atoms in total. The van der Waals surface area contributed by atoms with Crippen LogP contribution in [0.5, 0.6) is 0 Å². The Labute approximate surface area is 86.6 Å². The summed E-state index contributed by atoms with van der Waals surface area (Å²) in [6, 6.07) is 8.54. The average molecular weight is 200 g/mol. The second-order valence-electron chi connectivity index (χ2n) is 3.31. The maximum Gasteiger partial charge on any atom is 0.247 e.